The third-order valence-electron chi connectivity index (χ3n) is 9.38. The fraction of sp³-hybridized carbons (Fsp3) is 0.857. The quantitative estimate of drug-likeness (QED) is 0.590. The van der Waals surface area contributed by atoms with Gasteiger partial charge in [0.25, 0.3) is 0 Å². The smallest absolute Gasteiger partial charge is 0.250 e. The third kappa shape index (κ3) is 4.76. The van der Waals surface area contributed by atoms with Gasteiger partial charge in [0.2, 0.25) is 11.8 Å². The van der Waals surface area contributed by atoms with E-state index < -0.39 is 5.41 Å². The van der Waals surface area contributed by atoms with Crippen molar-refractivity contribution in [3.63, 3.8) is 0 Å². The van der Waals surface area contributed by atoms with Gasteiger partial charge >= 0.3 is 0 Å². The van der Waals surface area contributed by atoms with Crippen molar-refractivity contribution in [2.75, 3.05) is 13.2 Å². The van der Waals surface area contributed by atoms with Crippen molar-refractivity contribution in [2.45, 2.75) is 116 Å². The van der Waals surface area contributed by atoms with Gasteiger partial charge in [0.1, 0.15) is 0 Å². The van der Waals surface area contributed by atoms with Crippen LogP contribution in [0.15, 0.2) is 11.1 Å². The van der Waals surface area contributed by atoms with Crippen LogP contribution in [0.4, 0.5) is 0 Å². The van der Waals surface area contributed by atoms with Gasteiger partial charge in [-0.2, -0.15) is 0 Å². The summed E-state index contributed by atoms with van der Waals surface area (Å²) in [5.74, 6) is 1.60. The maximum atomic E-state index is 14.1. The first-order chi connectivity index (χ1) is 15.9. The Morgan fingerprint density at radius 3 is 2.30 bits per heavy atom. The van der Waals surface area contributed by atoms with Gasteiger partial charge in [0.15, 0.2) is 0 Å². The molecule has 2 N–H and O–H groups in total. The standard InChI is InChI=1S/C28H46N2O3/c1-19(2)30-25(22-15-13-21(18-31)14-16-22)28(3,24-12-8-7-11-23(24)26(30)32)27(33)29-17-20-9-5-4-6-10-20/h19-22,25,31H,4-18H2,1-3H3,(H,29,33)/t21?,22?,25-,28-/m0/s1. The second-order valence-corrected chi connectivity index (χ2v) is 11.8. The van der Waals surface area contributed by atoms with Crippen molar-refractivity contribution in [2.24, 2.45) is 23.2 Å². The summed E-state index contributed by atoms with van der Waals surface area (Å²) in [6, 6.07) is -0.0210. The molecule has 0 radical (unpaired) electrons. The number of carbonyl (C=O) groups is 2. The van der Waals surface area contributed by atoms with Crippen molar-refractivity contribution >= 4 is 11.8 Å². The van der Waals surface area contributed by atoms with Crippen LogP contribution >= 0.6 is 0 Å². The van der Waals surface area contributed by atoms with Crippen molar-refractivity contribution in [1.29, 1.82) is 0 Å². The molecule has 33 heavy (non-hydrogen) atoms. The van der Waals surface area contributed by atoms with E-state index in [9.17, 15) is 14.7 Å². The van der Waals surface area contributed by atoms with Crippen LogP contribution in [0.2, 0.25) is 0 Å². The Morgan fingerprint density at radius 2 is 1.67 bits per heavy atom. The predicted octanol–water partition coefficient (Wildman–Crippen LogP) is 4.98. The van der Waals surface area contributed by atoms with Gasteiger partial charge in [-0.1, -0.05) is 19.3 Å². The van der Waals surface area contributed by atoms with Crippen LogP contribution in [-0.2, 0) is 9.59 Å². The number of aliphatic hydroxyl groups excluding tert-OH is 1. The average molecular weight is 459 g/mol. The van der Waals surface area contributed by atoms with Crippen LogP contribution in [0, 0.1) is 23.2 Å². The number of nitrogens with zero attached hydrogens (tertiary/aromatic N) is 1. The summed E-state index contributed by atoms with van der Waals surface area (Å²) in [7, 11) is 0. The van der Waals surface area contributed by atoms with E-state index in [0.717, 1.165) is 69.1 Å². The number of hydrogen-bond acceptors (Lipinski definition) is 3. The molecule has 5 heteroatoms. The van der Waals surface area contributed by atoms with E-state index >= 15 is 0 Å². The molecule has 4 rings (SSSR count). The molecular formula is C28H46N2O3. The highest BCUT2D eigenvalue weighted by atomic mass is 16.3. The van der Waals surface area contributed by atoms with Crippen LogP contribution in [0.1, 0.15) is 104 Å². The van der Waals surface area contributed by atoms with Crippen LogP contribution < -0.4 is 5.32 Å². The van der Waals surface area contributed by atoms with E-state index in [1.54, 1.807) is 0 Å². The lowest BCUT2D eigenvalue weighted by atomic mass is 9.60. The highest BCUT2D eigenvalue weighted by molar-refractivity contribution is 6.00. The first kappa shape index (κ1) is 24.8. The Labute approximate surface area is 200 Å². The molecule has 0 aromatic carbocycles. The van der Waals surface area contributed by atoms with E-state index in [4.69, 9.17) is 0 Å². The number of amides is 2. The molecule has 0 spiro atoms. The summed E-state index contributed by atoms with van der Waals surface area (Å²) in [6.07, 6.45) is 14.1. The predicted molar refractivity (Wildman–Crippen MR) is 131 cm³/mol. The van der Waals surface area contributed by atoms with Gasteiger partial charge < -0.3 is 15.3 Å². The highest BCUT2D eigenvalue weighted by Crippen LogP contribution is 2.52. The Hall–Kier alpha value is -1.36. The van der Waals surface area contributed by atoms with Crippen molar-refractivity contribution in [3.05, 3.63) is 11.1 Å². The fourth-order valence-electron chi connectivity index (χ4n) is 7.48. The second-order valence-electron chi connectivity index (χ2n) is 11.8. The summed E-state index contributed by atoms with van der Waals surface area (Å²) in [6.45, 7) is 7.40. The lowest BCUT2D eigenvalue weighted by Crippen LogP contribution is -2.65. The number of nitrogens with one attached hydrogen (secondary N) is 1. The van der Waals surface area contributed by atoms with E-state index in [1.165, 1.54) is 32.1 Å². The molecular weight excluding hydrogens is 412 g/mol. The minimum Gasteiger partial charge on any atom is -0.396 e. The molecule has 186 valence electrons. The van der Waals surface area contributed by atoms with E-state index in [2.05, 4.69) is 31.0 Å². The molecule has 0 saturated heterocycles. The molecule has 4 aliphatic rings. The molecule has 1 aliphatic heterocycles. The Balaban J connectivity index is 1.68. The summed E-state index contributed by atoms with van der Waals surface area (Å²) < 4.78 is 0. The number of carbonyl (C=O) groups excluding carboxylic acids is 2. The number of rotatable bonds is 6. The van der Waals surface area contributed by atoms with Crippen LogP contribution in [0.5, 0.6) is 0 Å². The topological polar surface area (TPSA) is 69.6 Å². The lowest BCUT2D eigenvalue weighted by Gasteiger charge is -2.55. The summed E-state index contributed by atoms with van der Waals surface area (Å²) in [5, 5.41) is 13.1. The average Bonchev–Trinajstić information content (AvgIpc) is 2.85. The van der Waals surface area contributed by atoms with Gasteiger partial charge in [-0.15, -0.1) is 0 Å². The van der Waals surface area contributed by atoms with Gasteiger partial charge in [-0.25, -0.2) is 0 Å². The number of hydrogen-bond donors (Lipinski definition) is 2. The molecule has 0 bridgehead atoms. The second kappa shape index (κ2) is 10.5. The van der Waals surface area contributed by atoms with E-state index in [-0.39, 0.29) is 30.5 Å². The van der Waals surface area contributed by atoms with Gasteiger partial charge in [-0.3, -0.25) is 9.59 Å². The number of aliphatic hydroxyl groups is 1. The minimum absolute atomic E-state index is 0.0690. The van der Waals surface area contributed by atoms with Crippen LogP contribution in [-0.4, -0.2) is 47.1 Å². The zero-order valence-corrected chi connectivity index (χ0v) is 21.2. The molecule has 3 aliphatic carbocycles. The Morgan fingerprint density at radius 1 is 1.00 bits per heavy atom. The van der Waals surface area contributed by atoms with Crippen LogP contribution in [0.3, 0.4) is 0 Å². The first-order valence-corrected chi connectivity index (χ1v) is 13.8. The van der Waals surface area contributed by atoms with Crippen molar-refractivity contribution < 1.29 is 14.7 Å². The maximum absolute atomic E-state index is 14.1. The fourth-order valence-corrected chi connectivity index (χ4v) is 7.48. The molecule has 1 heterocycles. The summed E-state index contributed by atoms with van der Waals surface area (Å²) in [5.41, 5.74) is 1.43. The molecule has 2 atom stereocenters. The lowest BCUT2D eigenvalue weighted by molar-refractivity contribution is -0.147. The Bertz CT molecular complexity index is 746. The van der Waals surface area contributed by atoms with E-state index in [0.29, 0.717) is 17.8 Å². The van der Waals surface area contributed by atoms with Crippen LogP contribution in [0.25, 0.3) is 0 Å². The van der Waals surface area contributed by atoms with Crippen molar-refractivity contribution in [3.8, 4) is 0 Å². The largest absolute Gasteiger partial charge is 0.396 e. The molecule has 0 unspecified atom stereocenters. The monoisotopic (exact) mass is 458 g/mol. The SMILES string of the molecule is CC(C)N1C(=O)C2=C(CCCC2)[C@](C)(C(=O)NCC2CCCCC2)[C@@H]1C1CCC(CO)CC1. The molecule has 2 amide bonds. The molecule has 0 aromatic heterocycles. The normalized spacial score (nSPS) is 33.9. The highest BCUT2D eigenvalue weighted by Gasteiger charge is 2.56. The third-order valence-corrected chi connectivity index (χ3v) is 9.38. The minimum atomic E-state index is -0.653. The Kier molecular flexibility index (Phi) is 7.87. The zero-order chi connectivity index (χ0) is 23.6. The van der Waals surface area contributed by atoms with Gasteiger partial charge in [-0.05, 0) is 108 Å². The van der Waals surface area contributed by atoms with Crippen molar-refractivity contribution in [1.82, 2.24) is 10.2 Å². The molecule has 2 saturated carbocycles. The molecule has 5 nitrogen and oxygen atoms in total. The zero-order valence-electron chi connectivity index (χ0n) is 21.2. The maximum Gasteiger partial charge on any atom is 0.250 e. The van der Waals surface area contributed by atoms with Gasteiger partial charge in [0.05, 0.1) is 11.5 Å². The van der Waals surface area contributed by atoms with E-state index in [1.807, 2.05) is 0 Å². The summed E-state index contributed by atoms with van der Waals surface area (Å²) in [4.78, 5) is 30.0. The first-order valence-electron chi connectivity index (χ1n) is 13.8. The molecule has 2 fully saturated rings. The van der Waals surface area contributed by atoms with Gasteiger partial charge in [0, 0.05) is 24.8 Å². The molecule has 0 aromatic rings. The summed E-state index contributed by atoms with van der Waals surface area (Å²) >= 11 is 0.